The van der Waals surface area contributed by atoms with Crippen molar-refractivity contribution in [2.75, 3.05) is 26.4 Å². The zero-order chi connectivity index (χ0) is 25.9. The van der Waals surface area contributed by atoms with Crippen LogP contribution in [0, 0.1) is 46.3 Å². The van der Waals surface area contributed by atoms with E-state index >= 15 is 0 Å². The van der Waals surface area contributed by atoms with E-state index in [9.17, 15) is 5.11 Å². The second-order valence-electron chi connectivity index (χ2n) is 13.9. The van der Waals surface area contributed by atoms with E-state index in [1.54, 1.807) is 5.57 Å². The predicted octanol–water partition coefficient (Wildman–Crippen LogP) is 6.78. The van der Waals surface area contributed by atoms with Gasteiger partial charge in [0.2, 0.25) is 0 Å². The van der Waals surface area contributed by atoms with Crippen molar-refractivity contribution in [2.24, 2.45) is 46.3 Å². The Kier molecular flexibility index (Phi) is 9.67. The first-order valence-electron chi connectivity index (χ1n) is 15.4. The summed E-state index contributed by atoms with van der Waals surface area (Å²) in [4.78, 5) is 0. The molecule has 9 atom stereocenters. The molecule has 3 saturated carbocycles. The van der Waals surface area contributed by atoms with Crippen molar-refractivity contribution >= 4 is 0 Å². The third-order valence-electron chi connectivity index (χ3n) is 11.4. The predicted molar refractivity (Wildman–Crippen MR) is 147 cm³/mol. The van der Waals surface area contributed by atoms with E-state index in [2.05, 4.69) is 40.7 Å². The molecule has 4 rings (SSSR count). The van der Waals surface area contributed by atoms with E-state index < -0.39 is 6.10 Å². The molecule has 4 nitrogen and oxygen atoms in total. The summed E-state index contributed by atoms with van der Waals surface area (Å²) in [6.07, 6.45) is 16.9. The number of rotatable bonds is 12. The average molecular weight is 505 g/mol. The lowest BCUT2D eigenvalue weighted by molar-refractivity contribution is -0.0708. The summed E-state index contributed by atoms with van der Waals surface area (Å²) in [5, 5.41) is 18.3. The van der Waals surface area contributed by atoms with Crippen molar-refractivity contribution in [3.8, 4) is 0 Å². The van der Waals surface area contributed by atoms with Crippen LogP contribution in [-0.2, 0) is 9.47 Å². The van der Waals surface area contributed by atoms with Crippen molar-refractivity contribution in [1.29, 1.82) is 0 Å². The van der Waals surface area contributed by atoms with Gasteiger partial charge in [-0.1, -0.05) is 65.5 Å². The van der Waals surface area contributed by atoms with Crippen LogP contribution in [0.5, 0.6) is 0 Å². The minimum absolute atomic E-state index is 0.175. The molecule has 0 spiro atoms. The Bertz CT molecular complexity index is 734. The molecule has 0 aromatic heterocycles. The molecule has 0 saturated heterocycles. The maximum absolute atomic E-state index is 9.40. The summed E-state index contributed by atoms with van der Waals surface area (Å²) in [6, 6.07) is 0. The van der Waals surface area contributed by atoms with E-state index in [4.69, 9.17) is 14.6 Å². The van der Waals surface area contributed by atoms with Crippen LogP contribution in [0.2, 0.25) is 0 Å². The molecule has 0 aromatic rings. The van der Waals surface area contributed by atoms with E-state index in [1.807, 2.05) is 0 Å². The molecule has 36 heavy (non-hydrogen) atoms. The molecule has 208 valence electrons. The fourth-order valence-electron chi connectivity index (χ4n) is 9.34. The molecule has 4 heteroatoms. The highest BCUT2D eigenvalue weighted by Gasteiger charge is 2.59. The van der Waals surface area contributed by atoms with Gasteiger partial charge < -0.3 is 19.7 Å². The van der Waals surface area contributed by atoms with E-state index in [0.717, 1.165) is 48.3 Å². The van der Waals surface area contributed by atoms with Crippen molar-refractivity contribution in [3.63, 3.8) is 0 Å². The molecule has 0 aliphatic heterocycles. The Morgan fingerprint density at radius 2 is 1.81 bits per heavy atom. The molecule has 0 aromatic carbocycles. The first kappa shape index (κ1) is 28.6. The third-order valence-corrected chi connectivity index (χ3v) is 11.4. The Labute approximate surface area is 221 Å². The lowest BCUT2D eigenvalue weighted by atomic mass is 9.47. The van der Waals surface area contributed by atoms with Gasteiger partial charge in [0, 0.05) is 0 Å². The fraction of sp³-hybridized carbons (Fsp3) is 0.938. The SMILES string of the molecule is CC(C)CCC[C@@H](C)[C@H]1CC[C@H]2[C@@H]3CC=C4C[C@@H](OCCOCC(O)CO)CC[C@]4(C)[C@H]3CC[C@]12C. The highest BCUT2D eigenvalue weighted by atomic mass is 16.5. The number of aliphatic hydroxyl groups excluding tert-OH is 2. The molecular formula is C32H56O4. The van der Waals surface area contributed by atoms with Crippen LogP contribution < -0.4 is 0 Å². The smallest absolute Gasteiger partial charge is 0.100 e. The quantitative estimate of drug-likeness (QED) is 0.227. The summed E-state index contributed by atoms with van der Waals surface area (Å²) in [5.41, 5.74) is 2.61. The summed E-state index contributed by atoms with van der Waals surface area (Å²) in [7, 11) is 0. The molecule has 2 N–H and O–H groups in total. The van der Waals surface area contributed by atoms with Crippen LogP contribution in [0.3, 0.4) is 0 Å². The zero-order valence-electron chi connectivity index (χ0n) is 24.0. The van der Waals surface area contributed by atoms with Crippen LogP contribution in [0.25, 0.3) is 0 Å². The van der Waals surface area contributed by atoms with Gasteiger partial charge in [0.25, 0.3) is 0 Å². The normalized spacial score (nSPS) is 39.8. The van der Waals surface area contributed by atoms with Crippen LogP contribution in [0.4, 0.5) is 0 Å². The molecule has 0 heterocycles. The molecule has 0 bridgehead atoms. The number of hydrogen-bond donors (Lipinski definition) is 2. The van der Waals surface area contributed by atoms with Gasteiger partial charge in [-0.15, -0.1) is 0 Å². The molecule has 0 radical (unpaired) electrons. The highest BCUT2D eigenvalue weighted by molar-refractivity contribution is 5.25. The van der Waals surface area contributed by atoms with Crippen LogP contribution in [0.1, 0.15) is 105 Å². The second-order valence-corrected chi connectivity index (χ2v) is 13.9. The summed E-state index contributed by atoms with van der Waals surface area (Å²) >= 11 is 0. The maximum Gasteiger partial charge on any atom is 0.100 e. The lowest BCUT2D eigenvalue weighted by Gasteiger charge is -2.58. The van der Waals surface area contributed by atoms with Crippen molar-refractivity contribution < 1.29 is 19.7 Å². The second kappa shape index (κ2) is 12.2. The minimum Gasteiger partial charge on any atom is -0.394 e. The number of ether oxygens (including phenoxy) is 2. The molecule has 4 aliphatic carbocycles. The van der Waals surface area contributed by atoms with Gasteiger partial charge in [0.1, 0.15) is 6.10 Å². The van der Waals surface area contributed by atoms with Crippen LogP contribution in [-0.4, -0.2) is 48.8 Å². The van der Waals surface area contributed by atoms with Gasteiger partial charge in [-0.25, -0.2) is 0 Å². The monoisotopic (exact) mass is 504 g/mol. The van der Waals surface area contributed by atoms with Gasteiger partial charge >= 0.3 is 0 Å². The Morgan fingerprint density at radius 3 is 2.56 bits per heavy atom. The van der Waals surface area contributed by atoms with Crippen LogP contribution >= 0.6 is 0 Å². The molecule has 4 aliphatic rings. The number of aliphatic hydroxyl groups is 2. The van der Waals surface area contributed by atoms with Gasteiger partial charge in [0.05, 0.1) is 32.5 Å². The fourth-order valence-corrected chi connectivity index (χ4v) is 9.34. The van der Waals surface area contributed by atoms with Crippen LogP contribution in [0.15, 0.2) is 11.6 Å². The van der Waals surface area contributed by atoms with Gasteiger partial charge in [-0.3, -0.25) is 0 Å². The van der Waals surface area contributed by atoms with Crippen molar-refractivity contribution in [1.82, 2.24) is 0 Å². The summed E-state index contributed by atoms with van der Waals surface area (Å²) in [5.74, 6) is 5.30. The Balaban J connectivity index is 1.33. The first-order valence-corrected chi connectivity index (χ1v) is 15.4. The van der Waals surface area contributed by atoms with Gasteiger partial charge in [0.15, 0.2) is 0 Å². The Morgan fingerprint density at radius 1 is 1.00 bits per heavy atom. The zero-order valence-corrected chi connectivity index (χ0v) is 24.0. The number of allylic oxidation sites excluding steroid dienone is 1. The first-order chi connectivity index (χ1) is 17.2. The topological polar surface area (TPSA) is 58.9 Å². The third kappa shape index (κ3) is 5.92. The number of fused-ring (bicyclic) bond motifs is 5. The van der Waals surface area contributed by atoms with Gasteiger partial charge in [-0.05, 0) is 97.7 Å². The molecule has 3 fully saturated rings. The summed E-state index contributed by atoms with van der Waals surface area (Å²) in [6.45, 7) is 13.6. The number of hydrogen-bond acceptors (Lipinski definition) is 4. The van der Waals surface area contributed by atoms with E-state index in [-0.39, 0.29) is 13.2 Å². The van der Waals surface area contributed by atoms with Crippen molar-refractivity contribution in [3.05, 3.63) is 11.6 Å². The Hall–Kier alpha value is -0.420. The van der Waals surface area contributed by atoms with Crippen molar-refractivity contribution in [2.45, 2.75) is 117 Å². The van der Waals surface area contributed by atoms with Gasteiger partial charge in [-0.2, -0.15) is 0 Å². The van der Waals surface area contributed by atoms with E-state index in [1.165, 1.54) is 57.8 Å². The summed E-state index contributed by atoms with van der Waals surface area (Å²) < 4.78 is 11.6. The molecular weight excluding hydrogens is 448 g/mol. The standard InChI is InChI=1S/C32H56O4/c1-22(2)7-6-8-23(3)28-11-12-29-27-10-9-24-19-26(36-18-17-35-21-25(34)20-33)13-15-31(24,4)30(27)14-16-32(28,29)5/h9,22-23,25-30,33-34H,6-8,10-21H2,1-5H3/t23-,25?,26+,27+,28-,29+,30+,31+,32-/m1/s1. The lowest BCUT2D eigenvalue weighted by Crippen LogP contribution is -2.51. The average Bonchev–Trinajstić information content (AvgIpc) is 3.20. The molecule has 0 amide bonds. The highest BCUT2D eigenvalue weighted by Crippen LogP contribution is 2.67. The molecule has 1 unspecified atom stereocenters. The minimum atomic E-state index is -0.790. The maximum atomic E-state index is 9.40. The van der Waals surface area contributed by atoms with E-state index in [0.29, 0.717) is 30.1 Å². The largest absolute Gasteiger partial charge is 0.394 e.